The number of carbonyl (C=O) groups excluding carboxylic acids is 1. The van der Waals surface area contributed by atoms with E-state index >= 15 is 0 Å². The Hall–Kier alpha value is -1.73. The van der Waals surface area contributed by atoms with Crippen molar-refractivity contribution in [1.29, 1.82) is 0 Å². The van der Waals surface area contributed by atoms with Crippen molar-refractivity contribution in [2.45, 2.75) is 0 Å². The molecular weight excluding hydrogens is 267 g/mol. The molecule has 8 heteroatoms. The van der Waals surface area contributed by atoms with Crippen LogP contribution in [0.1, 0.15) is 10.4 Å². The molecule has 0 unspecified atom stereocenters. The predicted molar refractivity (Wildman–Crippen MR) is 63.7 cm³/mol. The zero-order valence-corrected chi connectivity index (χ0v) is 9.85. The largest absolute Gasteiger partial charge is 0.374 e. The minimum absolute atomic E-state index is 0.0278. The van der Waals surface area contributed by atoms with Gasteiger partial charge in [0.25, 0.3) is 5.91 Å². The molecule has 0 saturated carbocycles. The fourth-order valence-corrected chi connectivity index (χ4v) is 1.88. The van der Waals surface area contributed by atoms with Crippen LogP contribution in [0.3, 0.4) is 0 Å². The molecule has 1 aromatic heterocycles. The molecular formula is C9H6ClFN4OS. The summed E-state index contributed by atoms with van der Waals surface area (Å²) in [7, 11) is 0. The Balaban J connectivity index is 2.20. The number of nitrogen functional groups attached to an aromatic ring is 1. The van der Waals surface area contributed by atoms with Gasteiger partial charge >= 0.3 is 0 Å². The number of halogens is 2. The van der Waals surface area contributed by atoms with Crippen LogP contribution in [-0.4, -0.2) is 16.1 Å². The van der Waals surface area contributed by atoms with Gasteiger partial charge in [0, 0.05) is 0 Å². The second kappa shape index (κ2) is 4.64. The molecule has 0 saturated heterocycles. The molecule has 0 spiro atoms. The number of rotatable bonds is 2. The highest BCUT2D eigenvalue weighted by atomic mass is 35.5. The van der Waals surface area contributed by atoms with E-state index in [0.717, 1.165) is 23.5 Å². The summed E-state index contributed by atoms with van der Waals surface area (Å²) in [4.78, 5) is 11.7. The van der Waals surface area contributed by atoms with Gasteiger partial charge in [-0.3, -0.25) is 10.1 Å². The van der Waals surface area contributed by atoms with Crippen molar-refractivity contribution < 1.29 is 9.18 Å². The summed E-state index contributed by atoms with van der Waals surface area (Å²) in [5.41, 5.74) is 5.52. The summed E-state index contributed by atoms with van der Waals surface area (Å²) in [6.07, 6.45) is 0. The molecule has 17 heavy (non-hydrogen) atoms. The first kappa shape index (κ1) is 11.7. The van der Waals surface area contributed by atoms with Crippen LogP contribution in [0.4, 0.5) is 14.7 Å². The minimum atomic E-state index is -0.508. The highest BCUT2D eigenvalue weighted by molar-refractivity contribution is 7.19. The topological polar surface area (TPSA) is 80.9 Å². The number of nitrogens with two attached hydrogens (primary N) is 1. The molecule has 0 radical (unpaired) electrons. The zero-order chi connectivity index (χ0) is 12.4. The highest BCUT2D eigenvalue weighted by Gasteiger charge is 2.13. The molecule has 88 valence electrons. The van der Waals surface area contributed by atoms with Gasteiger partial charge in [-0.1, -0.05) is 22.9 Å². The van der Waals surface area contributed by atoms with Crippen LogP contribution in [0, 0.1) is 5.82 Å². The Morgan fingerprint density at radius 1 is 1.47 bits per heavy atom. The summed E-state index contributed by atoms with van der Waals surface area (Å²) in [5.74, 6) is -1.00. The molecule has 1 amide bonds. The number of anilines is 2. The van der Waals surface area contributed by atoms with Crippen molar-refractivity contribution in [2.24, 2.45) is 0 Å². The van der Waals surface area contributed by atoms with Crippen molar-refractivity contribution in [1.82, 2.24) is 10.2 Å². The van der Waals surface area contributed by atoms with Crippen molar-refractivity contribution in [3.05, 3.63) is 34.6 Å². The number of nitrogens with zero attached hydrogens (tertiary/aromatic N) is 2. The molecule has 5 nitrogen and oxygen atoms in total. The van der Waals surface area contributed by atoms with E-state index in [0.29, 0.717) is 0 Å². The predicted octanol–water partition coefficient (Wildman–Crippen LogP) is 2.17. The van der Waals surface area contributed by atoms with E-state index in [1.54, 1.807) is 0 Å². The Kier molecular flexibility index (Phi) is 3.21. The molecule has 2 rings (SSSR count). The molecule has 0 fully saturated rings. The average Bonchev–Trinajstić information content (AvgIpc) is 2.63. The van der Waals surface area contributed by atoms with Gasteiger partial charge in [0.15, 0.2) is 0 Å². The quantitative estimate of drug-likeness (QED) is 0.878. The smallest absolute Gasteiger partial charge is 0.259 e. The molecule has 1 aromatic carbocycles. The van der Waals surface area contributed by atoms with E-state index in [9.17, 15) is 9.18 Å². The molecule has 0 atom stereocenters. The first-order valence-corrected chi connectivity index (χ1v) is 5.61. The van der Waals surface area contributed by atoms with Crippen LogP contribution in [0.25, 0.3) is 0 Å². The molecule has 2 aromatic rings. The number of benzene rings is 1. The van der Waals surface area contributed by atoms with E-state index in [4.69, 9.17) is 17.3 Å². The summed E-state index contributed by atoms with van der Waals surface area (Å²) in [5, 5.41) is 10.1. The maximum Gasteiger partial charge on any atom is 0.259 e. The summed E-state index contributed by atoms with van der Waals surface area (Å²) < 4.78 is 12.8. The summed E-state index contributed by atoms with van der Waals surface area (Å²) in [6.45, 7) is 0. The van der Waals surface area contributed by atoms with Gasteiger partial charge in [0.2, 0.25) is 10.3 Å². The average molecular weight is 273 g/mol. The molecule has 0 bridgehead atoms. The van der Waals surface area contributed by atoms with Crippen molar-refractivity contribution >= 4 is 39.1 Å². The van der Waals surface area contributed by atoms with Gasteiger partial charge in [-0.2, -0.15) is 0 Å². The first-order chi connectivity index (χ1) is 8.06. The van der Waals surface area contributed by atoms with E-state index in [-0.39, 0.29) is 20.8 Å². The summed E-state index contributed by atoms with van der Waals surface area (Å²) >= 11 is 6.76. The van der Waals surface area contributed by atoms with Gasteiger partial charge in [0.1, 0.15) is 5.82 Å². The highest BCUT2D eigenvalue weighted by Crippen LogP contribution is 2.21. The van der Waals surface area contributed by atoms with Crippen molar-refractivity contribution in [2.75, 3.05) is 11.1 Å². The number of hydrogen-bond acceptors (Lipinski definition) is 5. The van der Waals surface area contributed by atoms with Crippen molar-refractivity contribution in [3.8, 4) is 0 Å². The molecule has 0 aliphatic carbocycles. The van der Waals surface area contributed by atoms with Gasteiger partial charge < -0.3 is 5.73 Å². The van der Waals surface area contributed by atoms with Crippen LogP contribution in [-0.2, 0) is 0 Å². The molecule has 3 N–H and O–H groups in total. The van der Waals surface area contributed by atoms with Gasteiger partial charge in [-0.25, -0.2) is 4.39 Å². The third-order valence-electron chi connectivity index (χ3n) is 1.84. The van der Waals surface area contributed by atoms with E-state index in [1.807, 2.05) is 0 Å². The Morgan fingerprint density at radius 3 is 2.82 bits per heavy atom. The SMILES string of the molecule is Nc1nnc(NC(=O)c2ccc(F)cc2Cl)s1. The zero-order valence-electron chi connectivity index (χ0n) is 8.28. The van der Waals surface area contributed by atoms with E-state index in [1.165, 1.54) is 6.07 Å². The lowest BCUT2D eigenvalue weighted by atomic mass is 10.2. The lowest BCUT2D eigenvalue weighted by molar-refractivity contribution is 0.102. The van der Waals surface area contributed by atoms with Gasteiger partial charge in [0.05, 0.1) is 10.6 Å². The Bertz CT molecular complexity index is 574. The number of amides is 1. The minimum Gasteiger partial charge on any atom is -0.374 e. The Morgan fingerprint density at radius 2 is 2.24 bits per heavy atom. The number of nitrogens with one attached hydrogen (secondary N) is 1. The number of aromatic nitrogens is 2. The third kappa shape index (κ3) is 2.69. The second-order valence-corrected chi connectivity index (χ2v) is 4.44. The fraction of sp³-hybridized carbons (Fsp3) is 0. The molecule has 1 heterocycles. The third-order valence-corrected chi connectivity index (χ3v) is 2.82. The lowest BCUT2D eigenvalue weighted by Gasteiger charge is -2.03. The van der Waals surface area contributed by atoms with Gasteiger partial charge in [-0.05, 0) is 18.2 Å². The molecule has 0 aliphatic rings. The monoisotopic (exact) mass is 272 g/mol. The first-order valence-electron chi connectivity index (χ1n) is 4.41. The number of carbonyl (C=O) groups is 1. The fourth-order valence-electron chi connectivity index (χ4n) is 1.12. The van der Waals surface area contributed by atoms with Crippen LogP contribution < -0.4 is 11.1 Å². The normalized spacial score (nSPS) is 10.2. The van der Waals surface area contributed by atoms with E-state index in [2.05, 4.69) is 15.5 Å². The lowest BCUT2D eigenvalue weighted by Crippen LogP contribution is -2.12. The van der Waals surface area contributed by atoms with Crippen LogP contribution in [0.5, 0.6) is 0 Å². The maximum atomic E-state index is 12.8. The molecule has 0 aliphatic heterocycles. The summed E-state index contributed by atoms with van der Waals surface area (Å²) in [6, 6.07) is 3.50. The standard InChI is InChI=1S/C9H6ClFN4OS/c10-6-3-4(11)1-2-5(6)7(16)13-9-15-14-8(12)17-9/h1-3H,(H2,12,14)(H,13,15,16). The Labute approximate surface area is 104 Å². The second-order valence-electron chi connectivity index (χ2n) is 3.02. The van der Waals surface area contributed by atoms with Crippen LogP contribution in [0.15, 0.2) is 18.2 Å². The van der Waals surface area contributed by atoms with E-state index < -0.39 is 11.7 Å². The van der Waals surface area contributed by atoms with Crippen LogP contribution >= 0.6 is 22.9 Å². The van der Waals surface area contributed by atoms with Crippen molar-refractivity contribution in [3.63, 3.8) is 0 Å². The number of hydrogen-bond donors (Lipinski definition) is 2. The maximum absolute atomic E-state index is 12.8. The van der Waals surface area contributed by atoms with Gasteiger partial charge in [-0.15, -0.1) is 10.2 Å². The van der Waals surface area contributed by atoms with Crippen LogP contribution in [0.2, 0.25) is 5.02 Å².